The minimum absolute atomic E-state index is 0.0524. The number of hydrogen-bond acceptors (Lipinski definition) is 2. The van der Waals surface area contributed by atoms with Crippen LogP contribution in [0.4, 0.5) is 0 Å². The number of nitrogens with two attached hydrogens (primary N) is 1. The Balaban J connectivity index is 1.59. The Labute approximate surface area is 129 Å². The number of amides is 1. The van der Waals surface area contributed by atoms with E-state index < -0.39 is 0 Å². The summed E-state index contributed by atoms with van der Waals surface area (Å²) in [6, 6.07) is 15.6. The Bertz CT molecular complexity index is 774. The van der Waals surface area contributed by atoms with Gasteiger partial charge in [0.1, 0.15) is 0 Å². The van der Waals surface area contributed by atoms with Gasteiger partial charge in [-0.05, 0) is 35.7 Å². The Morgan fingerprint density at radius 1 is 1.09 bits per heavy atom. The molecule has 0 unspecified atom stereocenters. The number of hydrogen-bond donors (Lipinski definition) is 3. The summed E-state index contributed by atoms with van der Waals surface area (Å²) in [5, 5.41) is 4.17. The van der Waals surface area contributed by atoms with Crippen molar-refractivity contribution in [2.75, 3.05) is 6.54 Å². The highest BCUT2D eigenvalue weighted by Gasteiger charge is 2.06. The number of para-hydroxylation sites is 1. The number of rotatable bonds is 5. The first-order chi connectivity index (χ1) is 10.8. The van der Waals surface area contributed by atoms with Crippen LogP contribution in [0.2, 0.25) is 0 Å². The molecule has 0 atom stereocenters. The van der Waals surface area contributed by atoms with E-state index in [-0.39, 0.29) is 5.91 Å². The summed E-state index contributed by atoms with van der Waals surface area (Å²) in [5.41, 5.74) is 9.58. The van der Waals surface area contributed by atoms with Crippen molar-refractivity contribution in [1.29, 1.82) is 0 Å². The molecule has 1 amide bonds. The second-order valence-electron chi connectivity index (χ2n) is 5.27. The number of aromatic nitrogens is 1. The van der Waals surface area contributed by atoms with E-state index in [2.05, 4.69) is 22.4 Å². The zero-order valence-electron chi connectivity index (χ0n) is 12.3. The first-order valence-electron chi connectivity index (χ1n) is 7.40. The van der Waals surface area contributed by atoms with Crippen LogP contribution in [-0.2, 0) is 13.0 Å². The molecule has 4 N–H and O–H groups in total. The maximum absolute atomic E-state index is 12.1. The molecule has 0 aliphatic rings. The van der Waals surface area contributed by atoms with E-state index in [0.717, 1.165) is 17.5 Å². The molecular weight excluding hydrogens is 274 g/mol. The molecule has 0 fully saturated rings. The zero-order chi connectivity index (χ0) is 15.4. The predicted octanol–water partition coefficient (Wildman–Crippen LogP) is 2.60. The van der Waals surface area contributed by atoms with Gasteiger partial charge in [-0.1, -0.05) is 30.3 Å². The third-order valence-electron chi connectivity index (χ3n) is 3.81. The highest BCUT2D eigenvalue weighted by atomic mass is 16.1. The summed E-state index contributed by atoms with van der Waals surface area (Å²) in [4.78, 5) is 15.3. The maximum Gasteiger partial charge on any atom is 0.251 e. The van der Waals surface area contributed by atoms with E-state index in [1.54, 1.807) is 0 Å². The third kappa shape index (κ3) is 3.02. The average molecular weight is 293 g/mol. The van der Waals surface area contributed by atoms with E-state index in [9.17, 15) is 4.79 Å². The van der Waals surface area contributed by atoms with Gasteiger partial charge in [0, 0.05) is 35.8 Å². The van der Waals surface area contributed by atoms with Gasteiger partial charge in [0.15, 0.2) is 0 Å². The molecule has 0 aliphatic heterocycles. The van der Waals surface area contributed by atoms with Gasteiger partial charge >= 0.3 is 0 Å². The smallest absolute Gasteiger partial charge is 0.251 e. The lowest BCUT2D eigenvalue weighted by atomic mass is 10.1. The maximum atomic E-state index is 12.1. The number of benzene rings is 2. The van der Waals surface area contributed by atoms with Crippen LogP contribution < -0.4 is 11.1 Å². The predicted molar refractivity (Wildman–Crippen MR) is 88.7 cm³/mol. The van der Waals surface area contributed by atoms with Gasteiger partial charge in [-0.15, -0.1) is 0 Å². The van der Waals surface area contributed by atoms with E-state index in [1.165, 1.54) is 10.9 Å². The molecule has 4 nitrogen and oxygen atoms in total. The van der Waals surface area contributed by atoms with Crippen LogP contribution in [0.25, 0.3) is 10.9 Å². The van der Waals surface area contributed by atoms with Crippen molar-refractivity contribution >= 4 is 16.8 Å². The standard InChI is InChI=1S/C18H19N3O/c19-11-13-5-7-14(8-6-13)18(22)20-10-9-15-12-21-17-4-2-1-3-16(15)17/h1-8,12,21H,9-11,19H2,(H,20,22). The lowest BCUT2D eigenvalue weighted by Crippen LogP contribution is -2.25. The minimum Gasteiger partial charge on any atom is -0.361 e. The van der Waals surface area contributed by atoms with Crippen molar-refractivity contribution < 1.29 is 4.79 Å². The number of carbonyl (C=O) groups excluding carboxylic acids is 1. The summed E-state index contributed by atoms with van der Waals surface area (Å²) in [6.07, 6.45) is 2.81. The quantitative estimate of drug-likeness (QED) is 0.676. The molecule has 0 saturated heterocycles. The topological polar surface area (TPSA) is 70.9 Å². The monoisotopic (exact) mass is 293 g/mol. The molecule has 0 bridgehead atoms. The molecule has 0 aliphatic carbocycles. The number of nitrogens with one attached hydrogen (secondary N) is 2. The van der Waals surface area contributed by atoms with Gasteiger partial charge in [-0.2, -0.15) is 0 Å². The lowest BCUT2D eigenvalue weighted by Gasteiger charge is -2.05. The Morgan fingerprint density at radius 2 is 1.86 bits per heavy atom. The van der Waals surface area contributed by atoms with Crippen molar-refractivity contribution in [3.63, 3.8) is 0 Å². The van der Waals surface area contributed by atoms with Gasteiger partial charge in [0.25, 0.3) is 5.91 Å². The first kappa shape index (κ1) is 14.4. The molecule has 1 heterocycles. The van der Waals surface area contributed by atoms with Crippen LogP contribution in [0.5, 0.6) is 0 Å². The summed E-state index contributed by atoms with van der Waals surface area (Å²) in [6.45, 7) is 1.10. The van der Waals surface area contributed by atoms with Gasteiger partial charge in [-0.25, -0.2) is 0 Å². The molecule has 2 aromatic carbocycles. The molecule has 112 valence electrons. The molecule has 0 saturated carbocycles. The molecule has 3 rings (SSSR count). The molecule has 1 aromatic heterocycles. The van der Waals surface area contributed by atoms with Gasteiger partial charge < -0.3 is 16.0 Å². The SMILES string of the molecule is NCc1ccc(C(=O)NCCc2c[nH]c3ccccc23)cc1. The first-order valence-corrected chi connectivity index (χ1v) is 7.40. The second-order valence-corrected chi connectivity index (χ2v) is 5.27. The van der Waals surface area contributed by atoms with Crippen LogP contribution in [0.3, 0.4) is 0 Å². The van der Waals surface area contributed by atoms with Crippen LogP contribution >= 0.6 is 0 Å². The van der Waals surface area contributed by atoms with Gasteiger partial charge in [0.2, 0.25) is 0 Å². The van der Waals surface area contributed by atoms with Crippen LogP contribution in [-0.4, -0.2) is 17.4 Å². The fourth-order valence-electron chi connectivity index (χ4n) is 2.54. The number of H-pyrrole nitrogens is 1. The fraction of sp³-hybridized carbons (Fsp3) is 0.167. The van der Waals surface area contributed by atoms with Crippen LogP contribution in [0.15, 0.2) is 54.7 Å². The Hall–Kier alpha value is -2.59. The van der Waals surface area contributed by atoms with E-state index >= 15 is 0 Å². The highest BCUT2D eigenvalue weighted by Crippen LogP contribution is 2.17. The summed E-state index contributed by atoms with van der Waals surface area (Å²) >= 11 is 0. The van der Waals surface area contributed by atoms with Crippen molar-refractivity contribution in [1.82, 2.24) is 10.3 Å². The summed E-state index contributed by atoms with van der Waals surface area (Å²) in [5.74, 6) is -0.0524. The molecule has 0 spiro atoms. The van der Waals surface area contributed by atoms with Crippen LogP contribution in [0.1, 0.15) is 21.5 Å². The fourth-order valence-corrected chi connectivity index (χ4v) is 2.54. The zero-order valence-corrected chi connectivity index (χ0v) is 12.3. The van der Waals surface area contributed by atoms with E-state index in [4.69, 9.17) is 5.73 Å². The van der Waals surface area contributed by atoms with E-state index in [1.807, 2.05) is 42.6 Å². The summed E-state index contributed by atoms with van der Waals surface area (Å²) in [7, 11) is 0. The van der Waals surface area contributed by atoms with E-state index in [0.29, 0.717) is 18.7 Å². The van der Waals surface area contributed by atoms with Crippen molar-refractivity contribution in [3.8, 4) is 0 Å². The largest absolute Gasteiger partial charge is 0.361 e. The van der Waals surface area contributed by atoms with Crippen molar-refractivity contribution in [2.45, 2.75) is 13.0 Å². The molecule has 0 radical (unpaired) electrons. The summed E-state index contributed by atoms with van der Waals surface area (Å²) < 4.78 is 0. The molecular formula is C18H19N3O. The van der Waals surface area contributed by atoms with Crippen molar-refractivity contribution in [2.24, 2.45) is 5.73 Å². The van der Waals surface area contributed by atoms with Crippen LogP contribution in [0, 0.1) is 0 Å². The van der Waals surface area contributed by atoms with Gasteiger partial charge in [-0.3, -0.25) is 4.79 Å². The molecule has 3 aromatic rings. The lowest BCUT2D eigenvalue weighted by molar-refractivity contribution is 0.0954. The van der Waals surface area contributed by atoms with Crippen molar-refractivity contribution in [3.05, 3.63) is 71.4 Å². The number of carbonyl (C=O) groups is 1. The molecule has 22 heavy (non-hydrogen) atoms. The number of fused-ring (bicyclic) bond motifs is 1. The Kier molecular flexibility index (Phi) is 4.21. The average Bonchev–Trinajstić information content (AvgIpc) is 2.98. The molecule has 4 heteroatoms. The minimum atomic E-state index is -0.0524. The third-order valence-corrected chi connectivity index (χ3v) is 3.81. The normalized spacial score (nSPS) is 10.8. The Morgan fingerprint density at radius 3 is 2.64 bits per heavy atom. The van der Waals surface area contributed by atoms with Gasteiger partial charge in [0.05, 0.1) is 0 Å². The number of aromatic amines is 1. The second kappa shape index (κ2) is 6.45. The highest BCUT2D eigenvalue weighted by molar-refractivity contribution is 5.94.